The van der Waals surface area contributed by atoms with E-state index in [1.165, 1.54) is 35.0 Å². The summed E-state index contributed by atoms with van der Waals surface area (Å²) in [6, 6.07) is 22.9. The number of sulfonamides is 1. The van der Waals surface area contributed by atoms with E-state index in [4.69, 9.17) is 0 Å². The number of para-hydroxylation sites is 1. The molecule has 0 aromatic heterocycles. The summed E-state index contributed by atoms with van der Waals surface area (Å²) in [5.74, 6) is 0.966. The standard InChI is InChI=1S/C22H22N2O3S2/c1-17-7-5-6-8-18(17)15-28-16-22(25)23-19-11-13-21(14-12-19)29(26,27)24-20-9-3-2-4-10-20/h2-14,24H,15-16H2,1H3,(H,23,25). The van der Waals surface area contributed by atoms with Gasteiger partial charge in [-0.3, -0.25) is 9.52 Å². The lowest BCUT2D eigenvalue weighted by Gasteiger charge is -2.10. The molecular formula is C22H22N2O3S2. The molecule has 3 rings (SSSR count). The molecule has 0 bridgehead atoms. The second kappa shape index (κ2) is 9.62. The van der Waals surface area contributed by atoms with Crippen LogP contribution in [0.1, 0.15) is 11.1 Å². The van der Waals surface area contributed by atoms with Crippen molar-refractivity contribution in [2.45, 2.75) is 17.6 Å². The highest BCUT2D eigenvalue weighted by molar-refractivity contribution is 7.99. The number of hydrogen-bond donors (Lipinski definition) is 2. The van der Waals surface area contributed by atoms with Gasteiger partial charge in [-0.25, -0.2) is 8.42 Å². The third-order valence-corrected chi connectivity index (χ3v) is 6.60. The second-order valence-electron chi connectivity index (χ2n) is 6.46. The maximum atomic E-state index is 12.4. The number of carbonyl (C=O) groups excluding carboxylic acids is 1. The minimum Gasteiger partial charge on any atom is -0.325 e. The molecule has 5 nitrogen and oxygen atoms in total. The number of amides is 1. The minimum absolute atomic E-state index is 0.124. The van der Waals surface area contributed by atoms with Gasteiger partial charge in [-0.05, 0) is 54.4 Å². The molecule has 29 heavy (non-hydrogen) atoms. The van der Waals surface area contributed by atoms with Crippen molar-refractivity contribution in [3.63, 3.8) is 0 Å². The van der Waals surface area contributed by atoms with Gasteiger partial charge in [0.25, 0.3) is 10.0 Å². The van der Waals surface area contributed by atoms with Crippen LogP contribution >= 0.6 is 11.8 Å². The molecule has 0 aliphatic heterocycles. The van der Waals surface area contributed by atoms with Crippen LogP contribution in [0.15, 0.2) is 83.8 Å². The first-order chi connectivity index (χ1) is 13.9. The van der Waals surface area contributed by atoms with E-state index in [-0.39, 0.29) is 10.8 Å². The normalized spacial score (nSPS) is 11.1. The van der Waals surface area contributed by atoms with E-state index in [9.17, 15) is 13.2 Å². The summed E-state index contributed by atoms with van der Waals surface area (Å²) in [7, 11) is -3.67. The van der Waals surface area contributed by atoms with E-state index < -0.39 is 10.0 Å². The SMILES string of the molecule is Cc1ccccc1CSCC(=O)Nc1ccc(S(=O)(=O)Nc2ccccc2)cc1. The summed E-state index contributed by atoms with van der Waals surface area (Å²) >= 11 is 1.54. The van der Waals surface area contributed by atoms with Crippen LogP contribution in [0.2, 0.25) is 0 Å². The summed E-state index contributed by atoms with van der Waals surface area (Å²) in [4.78, 5) is 12.3. The Kier molecular flexibility index (Phi) is 6.95. The van der Waals surface area contributed by atoms with Crippen molar-refractivity contribution >= 4 is 39.1 Å². The van der Waals surface area contributed by atoms with E-state index in [0.29, 0.717) is 17.1 Å². The zero-order valence-corrected chi connectivity index (χ0v) is 17.6. The quantitative estimate of drug-likeness (QED) is 0.549. The first-order valence-electron chi connectivity index (χ1n) is 9.04. The molecule has 3 aromatic rings. The molecule has 0 spiro atoms. The Morgan fingerprint density at radius 3 is 2.21 bits per heavy atom. The van der Waals surface area contributed by atoms with E-state index in [0.717, 1.165) is 5.75 Å². The van der Waals surface area contributed by atoms with Gasteiger partial charge in [-0.1, -0.05) is 42.5 Å². The Balaban J connectivity index is 1.53. The molecule has 0 aliphatic rings. The van der Waals surface area contributed by atoms with Crippen LogP contribution in [0.3, 0.4) is 0 Å². The van der Waals surface area contributed by atoms with Crippen LogP contribution in [0, 0.1) is 6.92 Å². The van der Waals surface area contributed by atoms with Gasteiger partial charge < -0.3 is 5.32 Å². The van der Waals surface area contributed by atoms with Crippen molar-refractivity contribution in [3.05, 3.63) is 90.0 Å². The Hall–Kier alpha value is -2.77. The topological polar surface area (TPSA) is 75.3 Å². The molecule has 0 atom stereocenters. The van der Waals surface area contributed by atoms with Crippen molar-refractivity contribution in [2.75, 3.05) is 15.8 Å². The Bertz CT molecular complexity index is 1070. The molecule has 1 amide bonds. The van der Waals surface area contributed by atoms with Gasteiger partial charge in [0.15, 0.2) is 0 Å². The predicted octanol–water partition coefficient (Wildman–Crippen LogP) is 4.67. The van der Waals surface area contributed by atoms with Crippen LogP contribution in [0.25, 0.3) is 0 Å². The first-order valence-corrected chi connectivity index (χ1v) is 11.7. The van der Waals surface area contributed by atoms with E-state index in [1.807, 2.05) is 18.2 Å². The fraction of sp³-hybridized carbons (Fsp3) is 0.136. The lowest BCUT2D eigenvalue weighted by Crippen LogP contribution is -2.15. The average Bonchev–Trinajstić information content (AvgIpc) is 2.70. The molecule has 0 radical (unpaired) electrons. The van der Waals surface area contributed by atoms with E-state index >= 15 is 0 Å². The Morgan fingerprint density at radius 1 is 0.862 bits per heavy atom. The second-order valence-corrected chi connectivity index (χ2v) is 9.13. The van der Waals surface area contributed by atoms with Crippen molar-refractivity contribution in [1.82, 2.24) is 0 Å². The maximum Gasteiger partial charge on any atom is 0.261 e. The van der Waals surface area contributed by atoms with Gasteiger partial charge in [0, 0.05) is 17.1 Å². The predicted molar refractivity (Wildman–Crippen MR) is 120 cm³/mol. The van der Waals surface area contributed by atoms with Crippen LogP contribution < -0.4 is 10.0 Å². The number of benzene rings is 3. The lowest BCUT2D eigenvalue weighted by molar-refractivity contribution is -0.113. The molecule has 0 saturated heterocycles. The molecule has 0 aliphatic carbocycles. The summed E-state index contributed by atoms with van der Waals surface area (Å²) in [6.07, 6.45) is 0. The highest BCUT2D eigenvalue weighted by atomic mass is 32.2. The Labute approximate surface area is 175 Å². The molecule has 7 heteroatoms. The third-order valence-electron chi connectivity index (χ3n) is 4.23. The number of carbonyl (C=O) groups is 1. The zero-order chi connectivity index (χ0) is 20.7. The molecule has 2 N–H and O–H groups in total. The summed E-state index contributed by atoms with van der Waals surface area (Å²) in [6.45, 7) is 2.05. The lowest BCUT2D eigenvalue weighted by atomic mass is 10.1. The Morgan fingerprint density at radius 2 is 1.52 bits per heavy atom. The van der Waals surface area contributed by atoms with Gasteiger partial charge in [-0.15, -0.1) is 11.8 Å². The van der Waals surface area contributed by atoms with Crippen LogP contribution in [0.5, 0.6) is 0 Å². The minimum atomic E-state index is -3.67. The molecule has 0 fully saturated rings. The van der Waals surface area contributed by atoms with Gasteiger partial charge >= 0.3 is 0 Å². The van der Waals surface area contributed by atoms with Crippen molar-refractivity contribution in [3.8, 4) is 0 Å². The van der Waals surface area contributed by atoms with Gasteiger partial charge in [0.05, 0.1) is 10.6 Å². The summed E-state index contributed by atoms with van der Waals surface area (Å²) in [5, 5.41) is 2.80. The first kappa shape index (κ1) is 21.0. The largest absolute Gasteiger partial charge is 0.325 e. The number of nitrogens with one attached hydrogen (secondary N) is 2. The molecule has 0 heterocycles. The van der Waals surface area contributed by atoms with Gasteiger partial charge in [-0.2, -0.15) is 0 Å². The molecule has 3 aromatic carbocycles. The third kappa shape index (κ3) is 6.10. The van der Waals surface area contributed by atoms with E-state index in [2.05, 4.69) is 29.1 Å². The monoisotopic (exact) mass is 426 g/mol. The van der Waals surface area contributed by atoms with E-state index in [1.54, 1.807) is 36.4 Å². The van der Waals surface area contributed by atoms with Crippen LogP contribution in [-0.4, -0.2) is 20.1 Å². The number of anilines is 2. The number of hydrogen-bond acceptors (Lipinski definition) is 4. The fourth-order valence-electron chi connectivity index (χ4n) is 2.66. The zero-order valence-electron chi connectivity index (χ0n) is 16.0. The van der Waals surface area contributed by atoms with Crippen molar-refractivity contribution < 1.29 is 13.2 Å². The number of thioether (sulfide) groups is 1. The number of rotatable bonds is 8. The molecular weight excluding hydrogens is 404 g/mol. The molecule has 0 unspecified atom stereocenters. The molecule has 150 valence electrons. The van der Waals surface area contributed by atoms with Gasteiger partial charge in [0.2, 0.25) is 5.91 Å². The highest BCUT2D eigenvalue weighted by Crippen LogP contribution is 2.19. The van der Waals surface area contributed by atoms with Gasteiger partial charge in [0.1, 0.15) is 0 Å². The molecule has 0 saturated carbocycles. The summed E-state index contributed by atoms with van der Waals surface area (Å²) in [5.41, 5.74) is 3.48. The van der Waals surface area contributed by atoms with Crippen molar-refractivity contribution in [2.24, 2.45) is 0 Å². The summed E-state index contributed by atoms with van der Waals surface area (Å²) < 4.78 is 27.4. The van der Waals surface area contributed by atoms with Crippen LogP contribution in [-0.2, 0) is 20.6 Å². The average molecular weight is 427 g/mol. The highest BCUT2D eigenvalue weighted by Gasteiger charge is 2.14. The smallest absolute Gasteiger partial charge is 0.261 e. The van der Waals surface area contributed by atoms with Crippen molar-refractivity contribution in [1.29, 1.82) is 0 Å². The fourth-order valence-corrected chi connectivity index (χ4v) is 4.62. The maximum absolute atomic E-state index is 12.4. The number of aryl methyl sites for hydroxylation is 1. The van der Waals surface area contributed by atoms with Crippen LogP contribution in [0.4, 0.5) is 11.4 Å².